The lowest BCUT2D eigenvalue weighted by atomic mass is 9.99. The summed E-state index contributed by atoms with van der Waals surface area (Å²) < 4.78 is 2.09. The van der Waals surface area contributed by atoms with E-state index in [4.69, 9.17) is 9.97 Å². The number of aromatic carboxylic acids is 1. The zero-order valence-corrected chi connectivity index (χ0v) is 22.8. The topological polar surface area (TPSA) is 105 Å². The number of benzene rings is 3. The molecule has 0 spiro atoms. The number of carbonyl (C=O) groups is 3. The number of carbonyl (C=O) groups excluding carboxylic acids is 2. The van der Waals surface area contributed by atoms with E-state index < -0.39 is 5.97 Å². The zero-order chi connectivity index (χ0) is 28.7. The highest BCUT2D eigenvalue weighted by molar-refractivity contribution is 6.34. The van der Waals surface area contributed by atoms with Crippen molar-refractivity contribution in [3.8, 4) is 11.1 Å². The van der Waals surface area contributed by atoms with E-state index in [1.54, 1.807) is 49.4 Å². The van der Waals surface area contributed by atoms with Crippen LogP contribution in [0.1, 0.15) is 67.9 Å². The van der Waals surface area contributed by atoms with Crippen LogP contribution >= 0.6 is 0 Å². The van der Waals surface area contributed by atoms with Gasteiger partial charge in [0.15, 0.2) is 5.65 Å². The molecule has 1 aliphatic rings. The van der Waals surface area contributed by atoms with Crippen LogP contribution in [0.3, 0.4) is 0 Å². The minimum atomic E-state index is -0.961. The van der Waals surface area contributed by atoms with Gasteiger partial charge < -0.3 is 9.67 Å². The molecule has 204 valence electrons. The predicted molar refractivity (Wildman–Crippen MR) is 156 cm³/mol. The van der Waals surface area contributed by atoms with Crippen LogP contribution in [0, 0.1) is 6.92 Å². The third-order valence-corrected chi connectivity index (χ3v) is 7.52. The molecule has 0 unspecified atom stereocenters. The molecule has 0 radical (unpaired) electrons. The fourth-order valence-corrected chi connectivity index (χ4v) is 5.39. The molecule has 5 aromatic rings. The molecule has 3 aromatic carbocycles. The van der Waals surface area contributed by atoms with Crippen molar-refractivity contribution in [1.29, 1.82) is 0 Å². The number of hydrogen-bond acceptors (Lipinski definition) is 5. The fourth-order valence-electron chi connectivity index (χ4n) is 5.39. The largest absolute Gasteiger partial charge is 0.478 e. The molecule has 41 heavy (non-hydrogen) atoms. The molecular formula is C33H28N4O4. The van der Waals surface area contributed by atoms with Gasteiger partial charge in [-0.1, -0.05) is 67.9 Å². The maximum Gasteiger partial charge on any atom is 0.336 e. The van der Waals surface area contributed by atoms with Crippen molar-refractivity contribution in [1.82, 2.24) is 14.5 Å². The summed E-state index contributed by atoms with van der Waals surface area (Å²) in [5, 5.41) is 9.58. The second kappa shape index (κ2) is 10.5. The second-order valence-corrected chi connectivity index (χ2v) is 10.2. The first-order valence-corrected chi connectivity index (χ1v) is 13.6. The summed E-state index contributed by atoms with van der Waals surface area (Å²) in [5.74, 6) is -0.791. The Morgan fingerprint density at radius 1 is 0.854 bits per heavy atom. The summed E-state index contributed by atoms with van der Waals surface area (Å²) in [4.78, 5) is 49.0. The van der Waals surface area contributed by atoms with Gasteiger partial charge in [0, 0.05) is 6.42 Å². The summed E-state index contributed by atoms with van der Waals surface area (Å²) in [6.45, 7) is 4.45. The van der Waals surface area contributed by atoms with E-state index in [1.165, 1.54) is 4.90 Å². The van der Waals surface area contributed by atoms with Crippen LogP contribution < -0.4 is 4.90 Å². The molecule has 0 aliphatic carbocycles. The zero-order valence-electron chi connectivity index (χ0n) is 22.8. The first-order chi connectivity index (χ1) is 19.9. The van der Waals surface area contributed by atoms with Crippen molar-refractivity contribution in [3.63, 3.8) is 0 Å². The lowest BCUT2D eigenvalue weighted by molar-refractivity contribution is 0.0697. The van der Waals surface area contributed by atoms with Gasteiger partial charge in [-0.3, -0.25) is 9.59 Å². The van der Waals surface area contributed by atoms with Gasteiger partial charge in [0.05, 0.1) is 34.6 Å². The van der Waals surface area contributed by atoms with E-state index in [0.717, 1.165) is 36.2 Å². The predicted octanol–water partition coefficient (Wildman–Crippen LogP) is 6.30. The smallest absolute Gasteiger partial charge is 0.336 e. The van der Waals surface area contributed by atoms with E-state index in [0.29, 0.717) is 45.8 Å². The summed E-state index contributed by atoms with van der Waals surface area (Å²) in [7, 11) is 0. The van der Waals surface area contributed by atoms with Gasteiger partial charge in [-0.25, -0.2) is 19.7 Å². The molecule has 2 amide bonds. The van der Waals surface area contributed by atoms with E-state index in [9.17, 15) is 19.5 Å². The Morgan fingerprint density at radius 3 is 2.12 bits per heavy atom. The highest BCUT2D eigenvalue weighted by atomic mass is 16.4. The Hall–Kier alpha value is -5.11. The second-order valence-electron chi connectivity index (χ2n) is 10.2. The number of imidazole rings is 1. The van der Waals surface area contributed by atoms with Crippen LogP contribution in [0.4, 0.5) is 5.69 Å². The van der Waals surface area contributed by atoms with Crippen LogP contribution in [0.25, 0.3) is 22.3 Å². The molecule has 0 saturated carbocycles. The highest BCUT2D eigenvalue weighted by Gasteiger charge is 2.37. The molecule has 3 heterocycles. The first kappa shape index (κ1) is 26.1. The molecule has 0 bridgehead atoms. The summed E-state index contributed by atoms with van der Waals surface area (Å²) in [6.07, 6.45) is 2.73. The molecule has 2 aromatic heterocycles. The average molecular weight is 545 g/mol. The number of unbranched alkanes of at least 4 members (excludes halogenated alkanes) is 1. The molecule has 6 rings (SSSR count). The van der Waals surface area contributed by atoms with Gasteiger partial charge in [-0.05, 0) is 54.3 Å². The minimum absolute atomic E-state index is 0.260. The molecule has 8 nitrogen and oxygen atoms in total. The molecule has 1 aliphatic heterocycles. The van der Waals surface area contributed by atoms with Crippen molar-refractivity contribution in [2.24, 2.45) is 0 Å². The normalized spacial score (nSPS) is 12.8. The molecule has 0 saturated heterocycles. The number of pyridine rings is 1. The third-order valence-electron chi connectivity index (χ3n) is 7.52. The molecular weight excluding hydrogens is 516 g/mol. The lowest BCUT2D eigenvalue weighted by Gasteiger charge is -2.16. The van der Waals surface area contributed by atoms with E-state index in [1.807, 2.05) is 36.4 Å². The van der Waals surface area contributed by atoms with Crippen molar-refractivity contribution < 1.29 is 19.5 Å². The van der Waals surface area contributed by atoms with Gasteiger partial charge in [0.25, 0.3) is 11.8 Å². The fraction of sp³-hybridized carbons (Fsp3) is 0.182. The Balaban J connectivity index is 1.37. The minimum Gasteiger partial charge on any atom is -0.478 e. The van der Waals surface area contributed by atoms with Crippen LogP contribution in [0.15, 0.2) is 78.9 Å². The number of anilines is 1. The average Bonchev–Trinajstić information content (AvgIpc) is 3.44. The van der Waals surface area contributed by atoms with Gasteiger partial charge >= 0.3 is 5.97 Å². The number of imide groups is 1. The Kier molecular flexibility index (Phi) is 6.67. The van der Waals surface area contributed by atoms with Crippen LogP contribution in [-0.4, -0.2) is 37.4 Å². The van der Waals surface area contributed by atoms with E-state index in [-0.39, 0.29) is 17.4 Å². The van der Waals surface area contributed by atoms with Crippen LogP contribution in [-0.2, 0) is 13.0 Å². The van der Waals surface area contributed by atoms with Gasteiger partial charge in [-0.2, -0.15) is 0 Å². The van der Waals surface area contributed by atoms with Crippen molar-refractivity contribution in [2.75, 3.05) is 4.90 Å². The quantitative estimate of drug-likeness (QED) is 0.230. The Bertz CT molecular complexity index is 1800. The number of carboxylic acid groups (broad SMARTS) is 1. The number of aryl methyl sites for hydroxylation is 2. The summed E-state index contributed by atoms with van der Waals surface area (Å²) in [5.41, 5.74) is 5.87. The molecule has 0 atom stereocenters. The van der Waals surface area contributed by atoms with Crippen molar-refractivity contribution >= 4 is 34.6 Å². The summed E-state index contributed by atoms with van der Waals surface area (Å²) >= 11 is 0. The maximum absolute atomic E-state index is 13.2. The number of nitrogens with zero attached hydrogens (tertiary/aromatic N) is 4. The molecule has 0 fully saturated rings. The number of aromatic nitrogens is 3. The third kappa shape index (κ3) is 4.57. The Morgan fingerprint density at radius 2 is 1.49 bits per heavy atom. The standard InChI is InChI=1S/C33H28N4O4/c1-3-4-13-29-35-27-18-28(37-31(38)24-10-6-7-11-25(24)32(37)39)20(2)34-30(27)36(29)19-21-14-16-22(17-15-21)23-9-5-8-12-26(23)33(40)41/h5-12,14-18H,3-4,13,19H2,1-2H3,(H,40,41). The van der Waals surface area contributed by atoms with E-state index >= 15 is 0 Å². The first-order valence-electron chi connectivity index (χ1n) is 13.6. The number of rotatable bonds is 8. The number of carboxylic acids is 1. The van der Waals surface area contributed by atoms with Gasteiger partial charge in [0.1, 0.15) is 11.3 Å². The summed E-state index contributed by atoms with van der Waals surface area (Å²) in [6, 6.07) is 23.4. The number of fused-ring (bicyclic) bond motifs is 2. The highest BCUT2D eigenvalue weighted by Crippen LogP contribution is 2.33. The SMILES string of the molecule is CCCCc1nc2cc(N3C(=O)c4ccccc4C3=O)c(C)nc2n1Cc1ccc(-c2ccccc2C(=O)O)cc1. The number of hydrogen-bond donors (Lipinski definition) is 1. The van der Waals surface area contributed by atoms with Crippen molar-refractivity contribution in [3.05, 3.63) is 113 Å². The van der Waals surface area contributed by atoms with Crippen LogP contribution in [0.2, 0.25) is 0 Å². The van der Waals surface area contributed by atoms with Crippen LogP contribution in [0.5, 0.6) is 0 Å². The maximum atomic E-state index is 13.2. The monoisotopic (exact) mass is 544 g/mol. The number of amides is 2. The van der Waals surface area contributed by atoms with Gasteiger partial charge in [0.2, 0.25) is 0 Å². The molecule has 1 N–H and O–H groups in total. The van der Waals surface area contributed by atoms with E-state index in [2.05, 4.69) is 11.5 Å². The lowest BCUT2D eigenvalue weighted by Crippen LogP contribution is -2.30. The van der Waals surface area contributed by atoms with Crippen molar-refractivity contribution in [2.45, 2.75) is 39.7 Å². The molecule has 8 heteroatoms. The van der Waals surface area contributed by atoms with Gasteiger partial charge in [-0.15, -0.1) is 0 Å². The Labute approximate surface area is 236 Å².